The Morgan fingerprint density at radius 3 is 1.97 bits per heavy atom. The average molecular weight is 502 g/mol. The Kier molecular flexibility index (Phi) is 5.75. The quantitative estimate of drug-likeness (QED) is 0.258. The summed E-state index contributed by atoms with van der Waals surface area (Å²) in [7, 11) is 0. The van der Waals surface area contributed by atoms with Gasteiger partial charge >= 0.3 is 0 Å². The summed E-state index contributed by atoms with van der Waals surface area (Å²) in [6, 6.07) is 44.7. The molecule has 3 nitrogen and oxygen atoms in total. The molecule has 0 spiro atoms. The molecule has 0 amide bonds. The monoisotopic (exact) mass is 501 g/mol. The number of fused-ring (bicyclic) bond motifs is 3. The molecule has 6 aromatic carbocycles. The van der Waals surface area contributed by atoms with Gasteiger partial charge in [0.25, 0.3) is 0 Å². The van der Waals surface area contributed by atoms with Crippen LogP contribution in [0.5, 0.6) is 0 Å². The molecule has 7 rings (SSSR count). The molecule has 0 aliphatic rings. The van der Waals surface area contributed by atoms with Crippen LogP contribution in [-0.2, 0) is 12.8 Å². The minimum Gasteiger partial charge on any atom is -0.383 e. The van der Waals surface area contributed by atoms with E-state index in [1.54, 1.807) is 0 Å². The molecular formula is C36H27N3. The summed E-state index contributed by atoms with van der Waals surface area (Å²) in [6.45, 7) is 0. The number of anilines is 1. The zero-order valence-corrected chi connectivity index (χ0v) is 21.5. The van der Waals surface area contributed by atoms with Gasteiger partial charge in [0, 0.05) is 18.4 Å². The zero-order valence-electron chi connectivity index (χ0n) is 21.5. The molecule has 0 aliphatic carbocycles. The number of nitrogen functional groups attached to an aromatic ring is 1. The lowest BCUT2D eigenvalue weighted by atomic mass is 9.94. The molecule has 0 fully saturated rings. The first kappa shape index (κ1) is 23.1. The Morgan fingerprint density at radius 2 is 1.15 bits per heavy atom. The van der Waals surface area contributed by atoms with Gasteiger partial charge in [-0.3, -0.25) is 0 Å². The van der Waals surface area contributed by atoms with Gasteiger partial charge in [-0.05, 0) is 49.0 Å². The van der Waals surface area contributed by atoms with Gasteiger partial charge in [0.2, 0.25) is 0 Å². The maximum atomic E-state index is 6.80. The maximum Gasteiger partial charge on any atom is 0.135 e. The van der Waals surface area contributed by atoms with Crippen molar-refractivity contribution >= 4 is 38.1 Å². The Morgan fingerprint density at radius 1 is 0.513 bits per heavy atom. The van der Waals surface area contributed by atoms with Crippen LogP contribution in [0.1, 0.15) is 22.6 Å². The van der Waals surface area contributed by atoms with Crippen LogP contribution in [0.15, 0.2) is 127 Å². The van der Waals surface area contributed by atoms with E-state index < -0.39 is 0 Å². The van der Waals surface area contributed by atoms with Gasteiger partial charge in [-0.25, -0.2) is 9.97 Å². The van der Waals surface area contributed by atoms with Crippen molar-refractivity contribution < 1.29 is 0 Å². The van der Waals surface area contributed by atoms with Crippen molar-refractivity contribution in [3.05, 3.63) is 150 Å². The number of aromatic nitrogens is 2. The van der Waals surface area contributed by atoms with E-state index in [0.717, 1.165) is 28.0 Å². The van der Waals surface area contributed by atoms with Crippen molar-refractivity contribution in [2.45, 2.75) is 12.8 Å². The smallest absolute Gasteiger partial charge is 0.135 e. The number of hydrogen-bond donors (Lipinski definition) is 1. The van der Waals surface area contributed by atoms with Gasteiger partial charge in [-0.2, -0.15) is 0 Å². The van der Waals surface area contributed by atoms with Gasteiger partial charge < -0.3 is 5.73 Å². The Balaban J connectivity index is 1.39. The highest BCUT2D eigenvalue weighted by atomic mass is 15.0. The van der Waals surface area contributed by atoms with E-state index in [4.69, 9.17) is 15.7 Å². The minimum absolute atomic E-state index is 0.521. The lowest BCUT2D eigenvalue weighted by molar-refractivity contribution is 0.930. The van der Waals surface area contributed by atoms with Crippen LogP contribution in [-0.4, -0.2) is 9.97 Å². The zero-order chi connectivity index (χ0) is 26.2. The molecule has 1 heterocycles. The fourth-order valence-corrected chi connectivity index (χ4v) is 5.68. The molecule has 0 atom stereocenters. The van der Waals surface area contributed by atoms with Crippen LogP contribution in [0, 0.1) is 0 Å². The molecular weight excluding hydrogens is 474 g/mol. The van der Waals surface area contributed by atoms with Crippen LogP contribution in [0.4, 0.5) is 5.82 Å². The fourth-order valence-electron chi connectivity index (χ4n) is 5.68. The van der Waals surface area contributed by atoms with Gasteiger partial charge in [-0.15, -0.1) is 0 Å². The van der Waals surface area contributed by atoms with E-state index in [2.05, 4.69) is 127 Å². The first-order valence-electron chi connectivity index (χ1n) is 13.3. The van der Waals surface area contributed by atoms with Crippen molar-refractivity contribution in [3.63, 3.8) is 0 Å². The van der Waals surface area contributed by atoms with E-state index in [9.17, 15) is 0 Å². The highest BCUT2D eigenvalue weighted by Crippen LogP contribution is 2.35. The molecule has 0 radical (unpaired) electrons. The number of benzene rings is 6. The van der Waals surface area contributed by atoms with Gasteiger partial charge in [0.05, 0.1) is 5.69 Å². The fraction of sp³-hybridized carbons (Fsp3) is 0.0556. The second kappa shape index (κ2) is 9.70. The van der Waals surface area contributed by atoms with Crippen LogP contribution in [0.3, 0.4) is 0 Å². The molecule has 0 bridgehead atoms. The second-order valence-electron chi connectivity index (χ2n) is 10.0. The molecule has 7 aromatic rings. The Bertz CT molecular complexity index is 1980. The molecule has 39 heavy (non-hydrogen) atoms. The van der Waals surface area contributed by atoms with Crippen molar-refractivity contribution in [3.8, 4) is 11.1 Å². The predicted octanol–water partition coefficient (Wildman–Crippen LogP) is 8.37. The summed E-state index contributed by atoms with van der Waals surface area (Å²) in [4.78, 5) is 10.1. The molecule has 186 valence electrons. The third-order valence-corrected chi connectivity index (χ3v) is 7.53. The van der Waals surface area contributed by atoms with Crippen molar-refractivity contribution in [1.29, 1.82) is 0 Å². The normalized spacial score (nSPS) is 11.4. The minimum atomic E-state index is 0.521. The van der Waals surface area contributed by atoms with E-state index >= 15 is 0 Å². The van der Waals surface area contributed by atoms with Crippen LogP contribution in [0.25, 0.3) is 43.4 Å². The lowest BCUT2D eigenvalue weighted by Crippen LogP contribution is -2.09. The Hall–Kier alpha value is -5.02. The molecule has 0 unspecified atom stereocenters. The first-order valence-corrected chi connectivity index (χ1v) is 13.3. The first-order chi connectivity index (χ1) is 19.2. The highest BCUT2D eigenvalue weighted by molar-refractivity contribution is 5.99. The van der Waals surface area contributed by atoms with Crippen LogP contribution in [0.2, 0.25) is 0 Å². The summed E-state index contributed by atoms with van der Waals surface area (Å²) in [5.74, 6) is 1.26. The topological polar surface area (TPSA) is 51.8 Å². The van der Waals surface area contributed by atoms with Crippen molar-refractivity contribution in [2.75, 3.05) is 5.73 Å². The summed E-state index contributed by atoms with van der Waals surface area (Å²) < 4.78 is 0. The van der Waals surface area contributed by atoms with E-state index in [0.29, 0.717) is 18.7 Å². The summed E-state index contributed by atoms with van der Waals surface area (Å²) >= 11 is 0. The molecule has 0 aliphatic heterocycles. The molecule has 2 N–H and O–H groups in total. The number of hydrogen-bond acceptors (Lipinski definition) is 3. The van der Waals surface area contributed by atoms with Gasteiger partial charge in [0.15, 0.2) is 0 Å². The van der Waals surface area contributed by atoms with Crippen LogP contribution >= 0.6 is 0 Å². The Labute approximate surface area is 227 Å². The summed E-state index contributed by atoms with van der Waals surface area (Å²) in [5, 5.41) is 7.21. The summed E-state index contributed by atoms with van der Waals surface area (Å²) in [5.41, 5.74) is 12.1. The molecule has 1 aromatic heterocycles. The third-order valence-electron chi connectivity index (χ3n) is 7.53. The number of nitrogens with two attached hydrogens (primary N) is 1. The van der Waals surface area contributed by atoms with E-state index in [1.807, 2.05) is 0 Å². The molecule has 3 heteroatoms. The maximum absolute atomic E-state index is 6.80. The average Bonchev–Trinajstić information content (AvgIpc) is 2.97. The predicted molar refractivity (Wildman–Crippen MR) is 163 cm³/mol. The lowest BCUT2D eigenvalue weighted by Gasteiger charge is -2.16. The largest absolute Gasteiger partial charge is 0.383 e. The number of nitrogens with zero attached hydrogens (tertiary/aromatic N) is 2. The van der Waals surface area contributed by atoms with E-state index in [-0.39, 0.29) is 0 Å². The molecule has 0 saturated heterocycles. The van der Waals surface area contributed by atoms with Crippen LogP contribution < -0.4 is 5.73 Å². The van der Waals surface area contributed by atoms with Crippen molar-refractivity contribution in [1.82, 2.24) is 9.97 Å². The van der Waals surface area contributed by atoms with Gasteiger partial charge in [0.1, 0.15) is 11.6 Å². The molecule has 0 saturated carbocycles. The highest BCUT2D eigenvalue weighted by Gasteiger charge is 2.18. The van der Waals surface area contributed by atoms with Gasteiger partial charge in [-0.1, -0.05) is 127 Å². The SMILES string of the molecule is Nc1nc(Cc2cccc3ccccc23)nc(Cc2ccc3ccccc3c2)c1-c1cccc2ccccc12. The standard InChI is InChI=1S/C36H27N3/c37-36-35(32-18-8-14-27-11-4-6-17-31(27)32)33(22-24-19-20-25-9-1-2-12-28(25)21-24)38-34(39-36)23-29-15-7-13-26-10-3-5-16-30(26)29/h1-21H,22-23H2,(H2,37,38,39). The third kappa shape index (κ3) is 4.38. The van der Waals surface area contributed by atoms with E-state index in [1.165, 1.54) is 38.1 Å². The van der Waals surface area contributed by atoms with Crippen molar-refractivity contribution in [2.24, 2.45) is 0 Å². The number of rotatable bonds is 5. The summed E-state index contributed by atoms with van der Waals surface area (Å²) in [6.07, 6.45) is 1.28. The second-order valence-corrected chi connectivity index (χ2v) is 10.0.